The van der Waals surface area contributed by atoms with E-state index in [0.717, 1.165) is 38.8 Å². The van der Waals surface area contributed by atoms with Gasteiger partial charge in [-0.15, -0.1) is 6.42 Å². The average molecular weight is 709 g/mol. The van der Waals surface area contributed by atoms with Gasteiger partial charge in [-0.3, -0.25) is 4.90 Å². The van der Waals surface area contributed by atoms with Crippen molar-refractivity contribution < 1.29 is 23.0 Å². The van der Waals surface area contributed by atoms with Crippen molar-refractivity contribution in [2.75, 3.05) is 37.7 Å². The summed E-state index contributed by atoms with van der Waals surface area (Å²) in [6, 6.07) is 8.12. The van der Waals surface area contributed by atoms with Crippen molar-refractivity contribution >= 4 is 33.6 Å². The van der Waals surface area contributed by atoms with Crippen LogP contribution in [0.25, 0.3) is 32.9 Å². The molecule has 8 rings (SSSR count). The first-order valence-corrected chi connectivity index (χ1v) is 18.6. The number of hydrogen-bond donors (Lipinski definition) is 0. The molecule has 4 aromatic rings. The zero-order chi connectivity index (χ0) is 36.5. The van der Waals surface area contributed by atoms with Crippen molar-refractivity contribution in [3.63, 3.8) is 0 Å². The third-order valence-electron chi connectivity index (χ3n) is 11.7. The first-order valence-electron chi connectivity index (χ1n) is 18.6. The second-order valence-corrected chi connectivity index (χ2v) is 16.0. The Kier molecular flexibility index (Phi) is 8.52. The Balaban J connectivity index is 1.30. The number of benzene rings is 2. The highest BCUT2D eigenvalue weighted by Gasteiger charge is 2.46. The van der Waals surface area contributed by atoms with E-state index in [-0.39, 0.29) is 52.4 Å². The number of fused-ring (bicyclic) bond motifs is 4. The Morgan fingerprint density at radius 1 is 1.06 bits per heavy atom. The zero-order valence-electron chi connectivity index (χ0n) is 30.6. The van der Waals surface area contributed by atoms with Gasteiger partial charge in [0, 0.05) is 24.0 Å². The maximum absolute atomic E-state index is 17.3. The summed E-state index contributed by atoms with van der Waals surface area (Å²) in [5, 5.41) is 1.64. The fourth-order valence-corrected chi connectivity index (χ4v) is 9.13. The van der Waals surface area contributed by atoms with Gasteiger partial charge in [-0.1, -0.05) is 44.0 Å². The summed E-state index contributed by atoms with van der Waals surface area (Å²) in [4.78, 5) is 35.0. The van der Waals surface area contributed by atoms with Gasteiger partial charge in [0.05, 0.1) is 34.3 Å². The molecule has 3 saturated heterocycles. The molecule has 6 heterocycles. The van der Waals surface area contributed by atoms with E-state index in [1.807, 2.05) is 31.7 Å². The Hall–Kier alpha value is -4.56. The standard InChI is InChI=1S/C41H46F2N6O3/c1-7-26-21-49-31(22-48(26)39(50)52-40(4,5)6)24(3)20-30-33-36(45-38(46-37(33)49)51-23-41-16-10-18-47(41)19-11-17-41)34(43)35(44-30)28-13-9-12-25-14-15-29(42)27(8-2)32(25)28/h2,9,12-15,24,26,31H,7,10-11,16-23H2,1,3-6H3/t24-,26+,31+/m0/s1. The van der Waals surface area contributed by atoms with E-state index >= 15 is 8.78 Å². The summed E-state index contributed by atoms with van der Waals surface area (Å²) in [5.41, 5.74) is 0.544. The molecular weight excluding hydrogens is 662 g/mol. The third-order valence-corrected chi connectivity index (χ3v) is 11.7. The highest BCUT2D eigenvalue weighted by atomic mass is 19.1. The first kappa shape index (κ1) is 34.5. The molecule has 3 atom stereocenters. The molecule has 0 aliphatic carbocycles. The monoisotopic (exact) mass is 708 g/mol. The summed E-state index contributed by atoms with van der Waals surface area (Å²) in [5.74, 6) is 1.83. The number of pyridine rings is 1. The molecule has 9 nitrogen and oxygen atoms in total. The molecule has 4 aliphatic rings. The van der Waals surface area contributed by atoms with Gasteiger partial charge in [0.1, 0.15) is 35.1 Å². The number of anilines is 1. The molecule has 2 aromatic carbocycles. The minimum absolute atomic E-state index is 0.0222. The number of nitrogens with zero attached hydrogens (tertiary/aromatic N) is 6. The highest BCUT2D eigenvalue weighted by Crippen LogP contribution is 2.44. The number of carbonyl (C=O) groups excluding carboxylic acids is 1. The summed E-state index contributed by atoms with van der Waals surface area (Å²) in [6.45, 7) is 13.2. The van der Waals surface area contributed by atoms with Crippen LogP contribution in [0.3, 0.4) is 0 Å². The lowest BCUT2D eigenvalue weighted by Crippen LogP contribution is -2.62. The Labute approximate surface area is 303 Å². The summed E-state index contributed by atoms with van der Waals surface area (Å²) >= 11 is 0. The van der Waals surface area contributed by atoms with E-state index < -0.39 is 17.2 Å². The van der Waals surface area contributed by atoms with Gasteiger partial charge in [0.2, 0.25) is 0 Å². The van der Waals surface area contributed by atoms with Gasteiger partial charge >= 0.3 is 12.1 Å². The number of terminal acetylenes is 1. The minimum atomic E-state index is -0.641. The van der Waals surface area contributed by atoms with Crippen molar-refractivity contribution in [3.05, 3.63) is 53.2 Å². The van der Waals surface area contributed by atoms with Crippen LogP contribution in [-0.2, 0) is 11.2 Å². The molecule has 3 fully saturated rings. The molecule has 52 heavy (non-hydrogen) atoms. The van der Waals surface area contributed by atoms with E-state index in [1.54, 1.807) is 18.2 Å². The molecule has 0 saturated carbocycles. The van der Waals surface area contributed by atoms with Crippen molar-refractivity contribution in [1.29, 1.82) is 0 Å². The smallest absolute Gasteiger partial charge is 0.410 e. The van der Waals surface area contributed by atoms with E-state index in [2.05, 4.69) is 29.6 Å². The summed E-state index contributed by atoms with van der Waals surface area (Å²) in [6.07, 6.45) is 11.0. The van der Waals surface area contributed by atoms with E-state index in [1.165, 1.54) is 6.07 Å². The summed E-state index contributed by atoms with van der Waals surface area (Å²) in [7, 11) is 0. The van der Waals surface area contributed by atoms with E-state index in [0.29, 0.717) is 65.8 Å². The lowest BCUT2D eigenvalue weighted by atomic mass is 9.92. The lowest BCUT2D eigenvalue weighted by molar-refractivity contribution is 0.00796. The van der Waals surface area contributed by atoms with Crippen molar-refractivity contribution in [2.45, 2.75) is 96.4 Å². The van der Waals surface area contributed by atoms with Gasteiger partial charge < -0.3 is 19.3 Å². The van der Waals surface area contributed by atoms with Crippen LogP contribution in [0.1, 0.15) is 78.0 Å². The molecule has 4 aliphatic heterocycles. The van der Waals surface area contributed by atoms with Gasteiger partial charge in [-0.05, 0) is 89.8 Å². The predicted molar refractivity (Wildman–Crippen MR) is 197 cm³/mol. The van der Waals surface area contributed by atoms with Crippen LogP contribution >= 0.6 is 0 Å². The molecule has 272 valence electrons. The number of aromatic nitrogens is 3. The maximum atomic E-state index is 17.3. The molecule has 2 aromatic heterocycles. The van der Waals surface area contributed by atoms with E-state index in [4.69, 9.17) is 30.8 Å². The Morgan fingerprint density at radius 2 is 1.83 bits per heavy atom. The van der Waals surface area contributed by atoms with Gasteiger partial charge in [-0.25, -0.2) is 18.6 Å². The first-order chi connectivity index (χ1) is 24.9. The second-order valence-electron chi connectivity index (χ2n) is 16.0. The van der Waals surface area contributed by atoms with Crippen LogP contribution in [0.4, 0.5) is 19.4 Å². The molecule has 0 spiro atoms. The number of piperazine rings is 1. The van der Waals surface area contributed by atoms with Crippen molar-refractivity contribution in [3.8, 4) is 29.6 Å². The molecule has 0 unspecified atom stereocenters. The molecule has 1 amide bonds. The molecule has 11 heteroatoms. The number of hydrogen-bond acceptors (Lipinski definition) is 8. The normalized spacial score (nSPS) is 22.6. The minimum Gasteiger partial charge on any atom is -0.461 e. The molecule has 0 radical (unpaired) electrons. The second kappa shape index (κ2) is 12.8. The van der Waals surface area contributed by atoms with Crippen molar-refractivity contribution in [2.24, 2.45) is 5.92 Å². The van der Waals surface area contributed by atoms with Crippen LogP contribution in [0, 0.1) is 29.9 Å². The largest absolute Gasteiger partial charge is 0.461 e. The fourth-order valence-electron chi connectivity index (χ4n) is 9.13. The topological polar surface area (TPSA) is 83.9 Å². The van der Waals surface area contributed by atoms with Gasteiger partial charge in [0.15, 0.2) is 5.82 Å². The SMILES string of the molecule is C#Cc1c(F)ccc2cccc(-c3nc4c5c(nc(OCC67CCCN6CCC7)nc5c3F)N3C[C@@H](CC)N(C(=O)OC(C)(C)C)C[C@@H]3[C@@H](C)C4)c12. The van der Waals surface area contributed by atoms with Gasteiger partial charge in [-0.2, -0.15) is 9.97 Å². The van der Waals surface area contributed by atoms with Crippen LogP contribution in [0.15, 0.2) is 30.3 Å². The molecule has 0 N–H and O–H groups in total. The van der Waals surface area contributed by atoms with Crippen LogP contribution in [-0.4, -0.2) is 86.9 Å². The maximum Gasteiger partial charge on any atom is 0.410 e. The van der Waals surface area contributed by atoms with Gasteiger partial charge in [0.25, 0.3) is 0 Å². The lowest BCUT2D eigenvalue weighted by Gasteiger charge is -2.48. The highest BCUT2D eigenvalue weighted by molar-refractivity contribution is 6.03. The van der Waals surface area contributed by atoms with Crippen LogP contribution in [0.2, 0.25) is 0 Å². The van der Waals surface area contributed by atoms with Crippen LogP contribution in [0.5, 0.6) is 6.01 Å². The zero-order valence-corrected chi connectivity index (χ0v) is 30.6. The quantitative estimate of drug-likeness (QED) is 0.197. The number of halogens is 2. The molecule has 0 bridgehead atoms. The van der Waals surface area contributed by atoms with Crippen LogP contribution < -0.4 is 9.64 Å². The number of ether oxygens (including phenoxy) is 2. The Bertz CT molecular complexity index is 2120. The Morgan fingerprint density at radius 3 is 2.54 bits per heavy atom. The van der Waals surface area contributed by atoms with Crippen molar-refractivity contribution in [1.82, 2.24) is 24.8 Å². The van der Waals surface area contributed by atoms with E-state index in [9.17, 15) is 4.79 Å². The number of carbonyl (C=O) groups is 1. The fraction of sp³-hybridized carbons (Fsp3) is 0.512. The predicted octanol–water partition coefficient (Wildman–Crippen LogP) is 7.51. The summed E-state index contributed by atoms with van der Waals surface area (Å²) < 4.78 is 44.8. The molecular formula is C41H46F2N6O3. The number of amides is 1. The number of rotatable bonds is 5. The third kappa shape index (κ3) is 5.70. The average Bonchev–Trinajstić information content (AvgIpc) is 3.68.